The third kappa shape index (κ3) is 4.34. The van der Waals surface area contributed by atoms with Gasteiger partial charge in [0.2, 0.25) is 5.91 Å². The molecule has 0 aromatic rings. The van der Waals surface area contributed by atoms with Gasteiger partial charge in [0.1, 0.15) is 0 Å². The second-order valence-electron chi connectivity index (χ2n) is 4.24. The van der Waals surface area contributed by atoms with Gasteiger partial charge in [-0.3, -0.25) is 4.79 Å². The zero-order valence-electron chi connectivity index (χ0n) is 7.76. The first kappa shape index (κ1) is 9.52. The molecule has 1 amide bonds. The number of rotatable bonds is 4. The SMILES string of the molecule is CC(C)(O)CNC(=O)CC1CC1. The Labute approximate surface area is 73.2 Å². The third-order valence-corrected chi connectivity index (χ3v) is 1.89. The van der Waals surface area contributed by atoms with E-state index in [2.05, 4.69) is 5.32 Å². The molecular weight excluding hydrogens is 154 g/mol. The van der Waals surface area contributed by atoms with Crippen molar-refractivity contribution in [3.63, 3.8) is 0 Å². The van der Waals surface area contributed by atoms with Crippen LogP contribution in [0.25, 0.3) is 0 Å². The maximum absolute atomic E-state index is 11.1. The topological polar surface area (TPSA) is 49.3 Å². The molecule has 12 heavy (non-hydrogen) atoms. The molecule has 0 radical (unpaired) electrons. The van der Waals surface area contributed by atoms with Crippen LogP contribution in [0.5, 0.6) is 0 Å². The van der Waals surface area contributed by atoms with Crippen LogP contribution in [0.2, 0.25) is 0 Å². The molecular formula is C9H17NO2. The van der Waals surface area contributed by atoms with Crippen LogP contribution in [-0.4, -0.2) is 23.2 Å². The van der Waals surface area contributed by atoms with E-state index in [0.717, 1.165) is 0 Å². The highest BCUT2D eigenvalue weighted by Gasteiger charge is 2.24. The maximum Gasteiger partial charge on any atom is 0.220 e. The molecule has 1 aliphatic carbocycles. The smallest absolute Gasteiger partial charge is 0.220 e. The summed E-state index contributed by atoms with van der Waals surface area (Å²) in [6.07, 6.45) is 3.02. The lowest BCUT2D eigenvalue weighted by Gasteiger charge is -2.17. The van der Waals surface area contributed by atoms with Gasteiger partial charge in [-0.1, -0.05) is 0 Å². The molecule has 0 unspecified atom stereocenters. The number of hydrogen-bond acceptors (Lipinski definition) is 2. The highest BCUT2D eigenvalue weighted by Crippen LogP contribution is 2.32. The Morgan fingerprint density at radius 1 is 1.58 bits per heavy atom. The summed E-state index contributed by atoms with van der Waals surface area (Å²) in [6.45, 7) is 3.72. The molecule has 0 aromatic carbocycles. The van der Waals surface area contributed by atoms with Crippen molar-refractivity contribution in [1.82, 2.24) is 5.32 Å². The number of hydrogen-bond donors (Lipinski definition) is 2. The lowest BCUT2D eigenvalue weighted by Crippen LogP contribution is -2.38. The first-order valence-electron chi connectivity index (χ1n) is 4.46. The van der Waals surface area contributed by atoms with Gasteiger partial charge in [0.15, 0.2) is 0 Å². The molecule has 3 heteroatoms. The first-order chi connectivity index (χ1) is 5.47. The van der Waals surface area contributed by atoms with E-state index in [9.17, 15) is 9.90 Å². The van der Waals surface area contributed by atoms with Gasteiger partial charge in [-0.05, 0) is 32.6 Å². The Bertz CT molecular complexity index is 168. The van der Waals surface area contributed by atoms with Crippen molar-refractivity contribution in [2.45, 2.75) is 38.7 Å². The average molecular weight is 171 g/mol. The monoisotopic (exact) mass is 171 g/mol. The number of amides is 1. The quantitative estimate of drug-likeness (QED) is 0.653. The zero-order chi connectivity index (χ0) is 9.19. The van der Waals surface area contributed by atoms with E-state index in [4.69, 9.17) is 0 Å². The van der Waals surface area contributed by atoms with Gasteiger partial charge in [0.25, 0.3) is 0 Å². The molecule has 0 aliphatic heterocycles. The molecule has 1 saturated carbocycles. The van der Waals surface area contributed by atoms with Gasteiger partial charge in [-0.2, -0.15) is 0 Å². The summed E-state index contributed by atoms with van der Waals surface area (Å²) in [5.41, 5.74) is -0.792. The summed E-state index contributed by atoms with van der Waals surface area (Å²) in [7, 11) is 0. The number of carbonyl (C=O) groups is 1. The van der Waals surface area contributed by atoms with Crippen molar-refractivity contribution in [3.8, 4) is 0 Å². The fraction of sp³-hybridized carbons (Fsp3) is 0.889. The number of nitrogens with one attached hydrogen (secondary N) is 1. The van der Waals surface area contributed by atoms with Crippen molar-refractivity contribution < 1.29 is 9.90 Å². The van der Waals surface area contributed by atoms with Gasteiger partial charge in [0, 0.05) is 13.0 Å². The number of aliphatic hydroxyl groups is 1. The Balaban J connectivity index is 2.09. The van der Waals surface area contributed by atoms with Crippen LogP contribution in [-0.2, 0) is 4.79 Å². The van der Waals surface area contributed by atoms with Gasteiger partial charge in [0.05, 0.1) is 5.60 Å². The molecule has 1 aliphatic rings. The molecule has 0 spiro atoms. The summed E-state index contributed by atoms with van der Waals surface area (Å²) in [5, 5.41) is 12.0. The van der Waals surface area contributed by atoms with Crippen LogP contribution in [0.15, 0.2) is 0 Å². The van der Waals surface area contributed by atoms with Crippen LogP contribution < -0.4 is 5.32 Å². The van der Waals surface area contributed by atoms with Crippen molar-refractivity contribution in [1.29, 1.82) is 0 Å². The Morgan fingerprint density at radius 2 is 2.17 bits per heavy atom. The Kier molecular flexibility index (Phi) is 2.73. The minimum Gasteiger partial charge on any atom is -0.389 e. The van der Waals surface area contributed by atoms with E-state index in [0.29, 0.717) is 18.9 Å². The highest BCUT2D eigenvalue weighted by atomic mass is 16.3. The van der Waals surface area contributed by atoms with E-state index in [1.807, 2.05) is 0 Å². The molecule has 0 atom stereocenters. The van der Waals surface area contributed by atoms with Crippen molar-refractivity contribution in [2.75, 3.05) is 6.54 Å². The predicted octanol–water partition coefficient (Wildman–Crippen LogP) is 0.674. The van der Waals surface area contributed by atoms with Gasteiger partial charge in [-0.25, -0.2) is 0 Å². The maximum atomic E-state index is 11.1. The molecule has 2 N–H and O–H groups in total. The first-order valence-corrected chi connectivity index (χ1v) is 4.46. The minimum atomic E-state index is -0.792. The standard InChI is InChI=1S/C9H17NO2/c1-9(2,12)6-10-8(11)5-7-3-4-7/h7,12H,3-6H2,1-2H3,(H,10,11). The molecule has 3 nitrogen and oxygen atoms in total. The largest absolute Gasteiger partial charge is 0.389 e. The Hall–Kier alpha value is -0.570. The van der Waals surface area contributed by atoms with Gasteiger partial charge in [-0.15, -0.1) is 0 Å². The molecule has 0 heterocycles. The fourth-order valence-electron chi connectivity index (χ4n) is 0.971. The molecule has 0 saturated heterocycles. The summed E-state index contributed by atoms with van der Waals surface area (Å²) >= 11 is 0. The second-order valence-corrected chi connectivity index (χ2v) is 4.24. The summed E-state index contributed by atoms with van der Waals surface area (Å²) in [6, 6.07) is 0. The fourth-order valence-corrected chi connectivity index (χ4v) is 0.971. The lowest BCUT2D eigenvalue weighted by molar-refractivity contribution is -0.122. The van der Waals surface area contributed by atoms with Crippen LogP contribution in [0, 0.1) is 5.92 Å². The average Bonchev–Trinajstić information content (AvgIpc) is 2.66. The molecule has 0 bridgehead atoms. The molecule has 1 fully saturated rings. The van der Waals surface area contributed by atoms with Crippen LogP contribution in [0.4, 0.5) is 0 Å². The summed E-state index contributed by atoms with van der Waals surface area (Å²) in [5.74, 6) is 0.687. The normalized spacial score (nSPS) is 17.6. The Morgan fingerprint density at radius 3 is 2.58 bits per heavy atom. The van der Waals surface area contributed by atoms with Crippen molar-refractivity contribution in [3.05, 3.63) is 0 Å². The van der Waals surface area contributed by atoms with Gasteiger partial charge >= 0.3 is 0 Å². The van der Waals surface area contributed by atoms with E-state index in [-0.39, 0.29) is 5.91 Å². The zero-order valence-corrected chi connectivity index (χ0v) is 7.76. The third-order valence-electron chi connectivity index (χ3n) is 1.89. The molecule has 70 valence electrons. The predicted molar refractivity (Wildman–Crippen MR) is 46.6 cm³/mol. The van der Waals surface area contributed by atoms with Crippen LogP contribution >= 0.6 is 0 Å². The highest BCUT2D eigenvalue weighted by molar-refractivity contribution is 5.76. The van der Waals surface area contributed by atoms with E-state index in [1.165, 1.54) is 12.8 Å². The van der Waals surface area contributed by atoms with E-state index in [1.54, 1.807) is 13.8 Å². The lowest BCUT2D eigenvalue weighted by atomic mass is 10.1. The summed E-state index contributed by atoms with van der Waals surface area (Å²) < 4.78 is 0. The van der Waals surface area contributed by atoms with Crippen LogP contribution in [0.3, 0.4) is 0 Å². The van der Waals surface area contributed by atoms with Gasteiger partial charge < -0.3 is 10.4 Å². The van der Waals surface area contributed by atoms with E-state index >= 15 is 0 Å². The van der Waals surface area contributed by atoms with E-state index < -0.39 is 5.60 Å². The van der Waals surface area contributed by atoms with Crippen molar-refractivity contribution >= 4 is 5.91 Å². The van der Waals surface area contributed by atoms with Crippen molar-refractivity contribution in [2.24, 2.45) is 5.92 Å². The van der Waals surface area contributed by atoms with Crippen LogP contribution in [0.1, 0.15) is 33.1 Å². The molecule has 1 rings (SSSR count). The minimum absolute atomic E-state index is 0.0691. The molecule has 0 aromatic heterocycles. The second kappa shape index (κ2) is 3.44. The summed E-state index contributed by atoms with van der Waals surface area (Å²) in [4.78, 5) is 11.1. The number of carbonyl (C=O) groups excluding carboxylic acids is 1.